The smallest absolute Gasteiger partial charge is 0.267 e. The van der Waals surface area contributed by atoms with Crippen LogP contribution in [0.4, 0.5) is 0 Å². The number of hydroxylamine groups is 1. The van der Waals surface area contributed by atoms with Crippen molar-refractivity contribution in [1.82, 2.24) is 15.7 Å². The highest BCUT2D eigenvalue weighted by atomic mass is 16.5. The number of hydrogen-bond acceptors (Lipinski definition) is 5. The van der Waals surface area contributed by atoms with E-state index >= 15 is 0 Å². The highest BCUT2D eigenvalue weighted by Crippen LogP contribution is 2.18. The second-order valence-corrected chi connectivity index (χ2v) is 6.05. The molecule has 1 saturated heterocycles. The van der Waals surface area contributed by atoms with Crippen LogP contribution in [0, 0.1) is 11.8 Å². The third kappa shape index (κ3) is 5.85. The van der Waals surface area contributed by atoms with Crippen molar-refractivity contribution in [1.29, 1.82) is 0 Å². The fraction of sp³-hybridized carbons (Fsp3) is 0.474. The molecule has 2 atom stereocenters. The Balaban J connectivity index is 2.04. The predicted octanol–water partition coefficient (Wildman–Crippen LogP) is 1.14. The Morgan fingerprint density at radius 1 is 1.35 bits per heavy atom. The molecule has 0 aromatic heterocycles. The summed E-state index contributed by atoms with van der Waals surface area (Å²) in [7, 11) is 0. The molecule has 0 bridgehead atoms. The normalized spacial score (nSPS) is 18.3. The first kappa shape index (κ1) is 19.9. The van der Waals surface area contributed by atoms with E-state index in [0.29, 0.717) is 12.2 Å². The minimum absolute atomic E-state index is 0.160. The quantitative estimate of drug-likeness (QED) is 0.386. The molecule has 26 heavy (non-hydrogen) atoms. The lowest BCUT2D eigenvalue weighted by molar-refractivity contribution is -0.133. The number of rotatable bonds is 7. The maximum absolute atomic E-state index is 12.4. The van der Waals surface area contributed by atoms with Crippen LogP contribution in [0.1, 0.15) is 36.5 Å². The van der Waals surface area contributed by atoms with Crippen LogP contribution in [-0.4, -0.2) is 53.9 Å². The van der Waals surface area contributed by atoms with E-state index in [1.54, 1.807) is 36.7 Å². The average Bonchev–Trinajstić information content (AvgIpc) is 2.68. The van der Waals surface area contributed by atoms with E-state index in [2.05, 4.69) is 17.2 Å². The molecule has 3 N–H and O–H groups in total. The second kappa shape index (κ2) is 10.6. The first-order chi connectivity index (χ1) is 12.7. The summed E-state index contributed by atoms with van der Waals surface area (Å²) in [4.78, 5) is 26.4. The molecule has 1 unspecified atom stereocenters. The molecule has 0 saturated carbocycles. The van der Waals surface area contributed by atoms with E-state index < -0.39 is 11.9 Å². The average molecular weight is 359 g/mol. The monoisotopic (exact) mass is 359 g/mol. The minimum Gasteiger partial charge on any atom is -0.350 e. The summed E-state index contributed by atoms with van der Waals surface area (Å²) in [5.74, 6) is 4.63. The van der Waals surface area contributed by atoms with Gasteiger partial charge in [0.25, 0.3) is 11.8 Å². The van der Waals surface area contributed by atoms with Crippen LogP contribution in [-0.2, 0) is 9.53 Å². The number of amides is 2. The molecule has 2 rings (SSSR count). The van der Waals surface area contributed by atoms with Crippen molar-refractivity contribution in [2.75, 3.05) is 19.7 Å². The zero-order valence-corrected chi connectivity index (χ0v) is 14.9. The third-order valence-corrected chi connectivity index (χ3v) is 4.26. The van der Waals surface area contributed by atoms with Gasteiger partial charge in [0.05, 0.1) is 0 Å². The van der Waals surface area contributed by atoms with Gasteiger partial charge in [-0.1, -0.05) is 24.1 Å². The standard InChI is InChI=1S/C19H25N3O4/c1-2-3-13-26-17-11-7-8-12-22(17)14-16(19(24)21-25)20-18(23)15-9-5-4-6-10-15/h4-6,9-10,16-17,25H,7-8,11-14H2,1H3,(H,20,23)(H,21,24)/t16-,17?/m0/s1. The van der Waals surface area contributed by atoms with Crippen molar-refractivity contribution < 1.29 is 19.5 Å². The third-order valence-electron chi connectivity index (χ3n) is 4.26. The van der Waals surface area contributed by atoms with Crippen LogP contribution in [0.15, 0.2) is 30.3 Å². The summed E-state index contributed by atoms with van der Waals surface area (Å²) in [5, 5.41) is 11.7. The van der Waals surface area contributed by atoms with Crippen LogP contribution >= 0.6 is 0 Å². The maximum Gasteiger partial charge on any atom is 0.267 e. The Hall–Kier alpha value is -2.40. The van der Waals surface area contributed by atoms with E-state index in [0.717, 1.165) is 25.8 Å². The van der Waals surface area contributed by atoms with Crippen molar-refractivity contribution >= 4 is 11.8 Å². The Morgan fingerprint density at radius 3 is 2.81 bits per heavy atom. The van der Waals surface area contributed by atoms with E-state index in [4.69, 9.17) is 9.94 Å². The van der Waals surface area contributed by atoms with E-state index in [1.165, 1.54) is 0 Å². The van der Waals surface area contributed by atoms with Crippen LogP contribution in [0.2, 0.25) is 0 Å². The van der Waals surface area contributed by atoms with Gasteiger partial charge in [0.2, 0.25) is 0 Å². The van der Waals surface area contributed by atoms with Crippen LogP contribution in [0.5, 0.6) is 0 Å². The molecule has 1 aliphatic heterocycles. The SMILES string of the molecule is CC#CCOC1CCCCN1C[C@H](NC(=O)c1ccccc1)C(=O)NO. The minimum atomic E-state index is -0.894. The van der Waals surface area contributed by atoms with Gasteiger partial charge < -0.3 is 10.1 Å². The molecular formula is C19H25N3O4. The van der Waals surface area contributed by atoms with Crippen LogP contribution in [0.25, 0.3) is 0 Å². The lowest BCUT2D eigenvalue weighted by Gasteiger charge is -2.36. The highest BCUT2D eigenvalue weighted by Gasteiger charge is 2.29. The summed E-state index contributed by atoms with van der Waals surface area (Å²) in [6, 6.07) is 7.75. The lowest BCUT2D eigenvalue weighted by Crippen LogP contribution is -2.55. The van der Waals surface area contributed by atoms with Gasteiger partial charge in [-0.15, -0.1) is 5.92 Å². The molecule has 7 nitrogen and oxygen atoms in total. The van der Waals surface area contributed by atoms with E-state index in [-0.39, 0.29) is 18.7 Å². The van der Waals surface area contributed by atoms with E-state index in [9.17, 15) is 9.59 Å². The molecule has 1 fully saturated rings. The summed E-state index contributed by atoms with van der Waals surface area (Å²) in [5.41, 5.74) is 2.09. The number of hydrogen-bond donors (Lipinski definition) is 3. The number of nitrogens with zero attached hydrogens (tertiary/aromatic N) is 1. The van der Waals surface area contributed by atoms with Gasteiger partial charge in [-0.25, -0.2) is 5.48 Å². The summed E-state index contributed by atoms with van der Waals surface area (Å²) < 4.78 is 5.79. The zero-order valence-electron chi connectivity index (χ0n) is 14.9. The Labute approximate surface area is 153 Å². The van der Waals surface area contributed by atoms with Gasteiger partial charge in [-0.05, 0) is 38.3 Å². The second-order valence-electron chi connectivity index (χ2n) is 6.05. The number of carbonyl (C=O) groups excluding carboxylic acids is 2. The van der Waals surface area contributed by atoms with Gasteiger partial charge in [0.1, 0.15) is 18.9 Å². The maximum atomic E-state index is 12.4. The molecule has 7 heteroatoms. The summed E-state index contributed by atoms with van der Waals surface area (Å²) >= 11 is 0. The van der Waals surface area contributed by atoms with Crippen LogP contribution < -0.4 is 10.8 Å². The molecule has 0 spiro atoms. The largest absolute Gasteiger partial charge is 0.350 e. The molecule has 1 aliphatic rings. The van der Waals surface area contributed by atoms with Gasteiger partial charge in [-0.3, -0.25) is 19.7 Å². The first-order valence-electron chi connectivity index (χ1n) is 8.70. The van der Waals surface area contributed by atoms with E-state index in [1.807, 2.05) is 11.0 Å². The molecule has 1 heterocycles. The van der Waals surface area contributed by atoms with Crippen molar-refractivity contribution in [3.8, 4) is 11.8 Å². The molecule has 2 amide bonds. The molecule has 140 valence electrons. The Kier molecular flexibility index (Phi) is 8.09. The first-order valence-corrected chi connectivity index (χ1v) is 8.70. The number of piperidine rings is 1. The Bertz CT molecular complexity index is 654. The molecular weight excluding hydrogens is 334 g/mol. The lowest BCUT2D eigenvalue weighted by atomic mass is 10.1. The molecule has 1 aromatic rings. The number of benzene rings is 1. The summed E-state index contributed by atoms with van der Waals surface area (Å²) in [6.45, 7) is 3.07. The number of carbonyl (C=O) groups is 2. The Morgan fingerprint density at radius 2 is 2.12 bits per heavy atom. The predicted molar refractivity (Wildman–Crippen MR) is 96.2 cm³/mol. The number of likely N-dealkylation sites (tertiary alicyclic amines) is 1. The van der Waals surface area contributed by atoms with Crippen molar-refractivity contribution in [3.05, 3.63) is 35.9 Å². The van der Waals surface area contributed by atoms with Gasteiger partial charge in [-0.2, -0.15) is 0 Å². The number of ether oxygens (including phenoxy) is 1. The topological polar surface area (TPSA) is 90.9 Å². The van der Waals surface area contributed by atoms with Crippen molar-refractivity contribution in [2.45, 2.75) is 38.5 Å². The molecule has 1 aromatic carbocycles. The summed E-state index contributed by atoms with van der Waals surface area (Å²) in [6.07, 6.45) is 2.70. The fourth-order valence-corrected chi connectivity index (χ4v) is 2.91. The highest BCUT2D eigenvalue weighted by molar-refractivity contribution is 5.97. The zero-order chi connectivity index (χ0) is 18.8. The van der Waals surface area contributed by atoms with Gasteiger partial charge in [0, 0.05) is 18.7 Å². The molecule has 0 radical (unpaired) electrons. The van der Waals surface area contributed by atoms with Crippen LogP contribution in [0.3, 0.4) is 0 Å². The van der Waals surface area contributed by atoms with Gasteiger partial charge in [0.15, 0.2) is 0 Å². The van der Waals surface area contributed by atoms with Crippen molar-refractivity contribution in [3.63, 3.8) is 0 Å². The van der Waals surface area contributed by atoms with Crippen molar-refractivity contribution in [2.24, 2.45) is 0 Å². The molecule has 0 aliphatic carbocycles. The fourth-order valence-electron chi connectivity index (χ4n) is 2.91. The van der Waals surface area contributed by atoms with Gasteiger partial charge >= 0.3 is 0 Å². The number of nitrogens with one attached hydrogen (secondary N) is 2.